The Morgan fingerprint density at radius 1 is 0.417 bits per heavy atom. The Hall–Kier alpha value is -6.45. The quantitative estimate of drug-likeness (QED) is 0.187. The molecule has 2 heterocycles. The predicted molar refractivity (Wildman–Crippen MR) is 200 cm³/mol. The first-order valence-electron chi connectivity index (χ1n) is 16.2. The molecule has 9 aromatic rings. The summed E-state index contributed by atoms with van der Waals surface area (Å²) < 4.78 is 6.30. The molecule has 2 aromatic heterocycles. The highest BCUT2D eigenvalue weighted by Gasteiger charge is 2.21. The maximum atomic E-state index is 6.30. The van der Waals surface area contributed by atoms with Crippen molar-refractivity contribution in [2.24, 2.45) is 0 Å². The molecule has 0 aliphatic carbocycles. The number of rotatable bonds is 6. The number of benzene rings is 7. The second-order valence-electron chi connectivity index (χ2n) is 12.1. The molecule has 0 saturated carbocycles. The highest BCUT2D eigenvalue weighted by molar-refractivity contribution is 6.10. The molecule has 0 unspecified atom stereocenters. The van der Waals surface area contributed by atoms with Crippen molar-refractivity contribution in [1.82, 2.24) is 4.98 Å². The molecule has 3 heteroatoms. The number of furan rings is 1. The Kier molecular flexibility index (Phi) is 6.80. The van der Waals surface area contributed by atoms with Gasteiger partial charge in [-0.2, -0.15) is 0 Å². The number of fused-ring (bicyclic) bond motifs is 4. The van der Waals surface area contributed by atoms with Crippen LogP contribution in [0.1, 0.15) is 0 Å². The standard InChI is InChI=1S/C45H30N2O/c1-4-12-31(13-5-1)33-20-23-38(24-21-33)47(39-29-42-41-27-35-18-10-11-19-36(35)28-44(41)48-45(42)46-30-39)43-25-22-37(32-14-6-2-7-15-32)26-40(43)34-16-8-3-9-17-34/h1-30H. The summed E-state index contributed by atoms with van der Waals surface area (Å²) in [5, 5.41) is 4.37. The molecule has 0 saturated heterocycles. The number of anilines is 3. The fourth-order valence-corrected chi connectivity index (χ4v) is 6.71. The van der Waals surface area contributed by atoms with Crippen LogP contribution in [0, 0.1) is 0 Å². The smallest absolute Gasteiger partial charge is 0.227 e. The second kappa shape index (κ2) is 11.7. The number of pyridine rings is 1. The highest BCUT2D eigenvalue weighted by Crippen LogP contribution is 2.44. The van der Waals surface area contributed by atoms with Crippen molar-refractivity contribution < 1.29 is 4.42 Å². The fraction of sp³-hybridized carbons (Fsp3) is 0. The molecule has 226 valence electrons. The van der Waals surface area contributed by atoms with E-state index in [0.717, 1.165) is 49.9 Å². The molecule has 0 radical (unpaired) electrons. The van der Waals surface area contributed by atoms with Gasteiger partial charge in [-0.15, -0.1) is 0 Å². The molecule has 7 aromatic carbocycles. The summed E-state index contributed by atoms with van der Waals surface area (Å²) in [5.74, 6) is 0. The Labute approximate surface area is 279 Å². The molecular formula is C45H30N2O. The number of aromatic nitrogens is 1. The monoisotopic (exact) mass is 614 g/mol. The molecule has 0 N–H and O–H groups in total. The maximum absolute atomic E-state index is 6.30. The Morgan fingerprint density at radius 2 is 0.979 bits per heavy atom. The molecule has 0 atom stereocenters. The van der Waals surface area contributed by atoms with Gasteiger partial charge in [0.15, 0.2) is 0 Å². The van der Waals surface area contributed by atoms with Gasteiger partial charge in [-0.1, -0.05) is 133 Å². The van der Waals surface area contributed by atoms with E-state index in [1.54, 1.807) is 0 Å². The molecule has 0 aliphatic rings. The lowest BCUT2D eigenvalue weighted by molar-refractivity contribution is 0.654. The number of nitrogens with zero attached hydrogens (tertiary/aromatic N) is 2. The summed E-state index contributed by atoms with van der Waals surface area (Å²) in [7, 11) is 0. The van der Waals surface area contributed by atoms with Crippen LogP contribution in [0.3, 0.4) is 0 Å². The van der Waals surface area contributed by atoms with Crippen LogP contribution in [0.15, 0.2) is 187 Å². The van der Waals surface area contributed by atoms with Crippen molar-refractivity contribution in [3.63, 3.8) is 0 Å². The fourth-order valence-electron chi connectivity index (χ4n) is 6.71. The van der Waals surface area contributed by atoms with Gasteiger partial charge in [0, 0.05) is 16.6 Å². The van der Waals surface area contributed by atoms with Gasteiger partial charge < -0.3 is 9.32 Å². The summed E-state index contributed by atoms with van der Waals surface area (Å²) in [6.45, 7) is 0. The van der Waals surface area contributed by atoms with E-state index in [4.69, 9.17) is 9.40 Å². The zero-order valence-electron chi connectivity index (χ0n) is 26.1. The van der Waals surface area contributed by atoms with Crippen LogP contribution in [-0.2, 0) is 0 Å². The second-order valence-corrected chi connectivity index (χ2v) is 12.1. The molecule has 48 heavy (non-hydrogen) atoms. The summed E-state index contributed by atoms with van der Waals surface area (Å²) in [6, 6.07) is 62.2. The summed E-state index contributed by atoms with van der Waals surface area (Å²) in [5.41, 5.74) is 11.5. The van der Waals surface area contributed by atoms with E-state index >= 15 is 0 Å². The van der Waals surface area contributed by atoms with Gasteiger partial charge in [-0.05, 0) is 81.1 Å². The first-order valence-corrected chi connectivity index (χ1v) is 16.2. The molecule has 0 aliphatic heterocycles. The zero-order chi connectivity index (χ0) is 31.9. The molecule has 0 fully saturated rings. The van der Waals surface area contributed by atoms with Crippen LogP contribution in [0.5, 0.6) is 0 Å². The van der Waals surface area contributed by atoms with Crippen molar-refractivity contribution in [1.29, 1.82) is 0 Å². The minimum atomic E-state index is 0.631. The van der Waals surface area contributed by atoms with Crippen molar-refractivity contribution >= 4 is 49.9 Å². The van der Waals surface area contributed by atoms with E-state index < -0.39 is 0 Å². The molecular weight excluding hydrogens is 585 g/mol. The lowest BCUT2D eigenvalue weighted by Gasteiger charge is -2.28. The van der Waals surface area contributed by atoms with Crippen LogP contribution in [0.25, 0.3) is 66.2 Å². The van der Waals surface area contributed by atoms with E-state index in [2.05, 4.69) is 181 Å². The van der Waals surface area contributed by atoms with E-state index in [-0.39, 0.29) is 0 Å². The third kappa shape index (κ3) is 4.99. The predicted octanol–water partition coefficient (Wildman–Crippen LogP) is 12.6. The van der Waals surface area contributed by atoms with Gasteiger partial charge in [0.2, 0.25) is 5.71 Å². The van der Waals surface area contributed by atoms with Crippen LogP contribution < -0.4 is 4.90 Å². The number of hydrogen-bond acceptors (Lipinski definition) is 3. The minimum Gasteiger partial charge on any atom is -0.438 e. The van der Waals surface area contributed by atoms with E-state index in [1.165, 1.54) is 27.6 Å². The van der Waals surface area contributed by atoms with Gasteiger partial charge in [0.25, 0.3) is 0 Å². The topological polar surface area (TPSA) is 29.3 Å². The van der Waals surface area contributed by atoms with Crippen molar-refractivity contribution in [3.8, 4) is 33.4 Å². The molecule has 3 nitrogen and oxygen atoms in total. The van der Waals surface area contributed by atoms with Crippen LogP contribution in [0.4, 0.5) is 17.1 Å². The van der Waals surface area contributed by atoms with Crippen LogP contribution >= 0.6 is 0 Å². The van der Waals surface area contributed by atoms with Gasteiger partial charge in [-0.25, -0.2) is 4.98 Å². The third-order valence-electron chi connectivity index (χ3n) is 9.10. The van der Waals surface area contributed by atoms with Gasteiger partial charge in [0.1, 0.15) is 5.58 Å². The van der Waals surface area contributed by atoms with Gasteiger partial charge in [-0.3, -0.25) is 0 Å². The normalized spacial score (nSPS) is 11.3. The average molecular weight is 615 g/mol. The van der Waals surface area contributed by atoms with Crippen molar-refractivity contribution in [3.05, 3.63) is 182 Å². The van der Waals surface area contributed by atoms with Crippen molar-refractivity contribution in [2.75, 3.05) is 4.90 Å². The Bertz CT molecular complexity index is 2540. The largest absolute Gasteiger partial charge is 0.438 e. The van der Waals surface area contributed by atoms with Crippen LogP contribution in [-0.4, -0.2) is 4.98 Å². The maximum Gasteiger partial charge on any atom is 0.227 e. The molecule has 9 rings (SSSR count). The number of hydrogen-bond donors (Lipinski definition) is 0. The third-order valence-corrected chi connectivity index (χ3v) is 9.10. The molecule has 0 bridgehead atoms. The summed E-state index contributed by atoms with van der Waals surface area (Å²) in [4.78, 5) is 7.22. The summed E-state index contributed by atoms with van der Waals surface area (Å²) in [6.07, 6.45) is 1.93. The molecule has 0 spiro atoms. The Morgan fingerprint density at radius 3 is 1.67 bits per heavy atom. The van der Waals surface area contributed by atoms with Gasteiger partial charge in [0.05, 0.1) is 23.0 Å². The lowest BCUT2D eigenvalue weighted by Crippen LogP contribution is -2.11. The van der Waals surface area contributed by atoms with Gasteiger partial charge >= 0.3 is 0 Å². The first kappa shape index (κ1) is 27.8. The lowest BCUT2D eigenvalue weighted by atomic mass is 9.96. The average Bonchev–Trinajstić information content (AvgIpc) is 3.52. The van der Waals surface area contributed by atoms with Crippen molar-refractivity contribution in [2.45, 2.75) is 0 Å². The van der Waals surface area contributed by atoms with E-state index in [1.807, 2.05) is 6.20 Å². The van der Waals surface area contributed by atoms with Crippen LogP contribution in [0.2, 0.25) is 0 Å². The van der Waals surface area contributed by atoms with E-state index in [9.17, 15) is 0 Å². The molecule has 0 amide bonds. The minimum absolute atomic E-state index is 0.631. The summed E-state index contributed by atoms with van der Waals surface area (Å²) >= 11 is 0. The Balaban J connectivity index is 1.27. The van der Waals surface area contributed by atoms with E-state index in [0.29, 0.717) is 5.71 Å². The SMILES string of the molecule is c1ccc(-c2ccc(N(c3cnc4oc5cc6ccccc6cc5c4c3)c3ccc(-c4ccccc4)cc3-c3ccccc3)cc2)cc1. The highest BCUT2D eigenvalue weighted by atomic mass is 16.3. The first-order chi connectivity index (χ1) is 23.8. The zero-order valence-corrected chi connectivity index (χ0v) is 26.1.